The average Bonchev–Trinajstić information content (AvgIpc) is 2.82. The first-order chi connectivity index (χ1) is 11.0. The maximum atomic E-state index is 13.9. The minimum absolute atomic E-state index is 0.163. The molecule has 0 amide bonds. The van der Waals surface area contributed by atoms with E-state index in [-0.39, 0.29) is 25.6 Å². The number of halogens is 2. The third-order valence-corrected chi connectivity index (χ3v) is 4.21. The Hall–Kier alpha value is -2.01. The monoisotopic (exact) mass is 318 g/mol. The predicted octanol–water partition coefficient (Wildman–Crippen LogP) is 3.68. The lowest BCUT2D eigenvalue weighted by atomic mass is 10.1. The molecule has 1 fully saturated rings. The van der Waals surface area contributed by atoms with E-state index < -0.39 is 5.92 Å². The fourth-order valence-corrected chi connectivity index (χ4v) is 2.95. The molecule has 2 aromatic rings. The first-order valence-electron chi connectivity index (χ1n) is 7.73. The summed E-state index contributed by atoms with van der Waals surface area (Å²) in [5.41, 5.74) is 2.20. The number of nitrogens with zero attached hydrogens (tertiary/aromatic N) is 2. The Balaban J connectivity index is 1.68. The van der Waals surface area contributed by atoms with Gasteiger partial charge in [-0.25, -0.2) is 8.78 Å². The molecular weight excluding hydrogens is 298 g/mol. The molecule has 0 spiro atoms. The molecule has 5 heteroatoms. The van der Waals surface area contributed by atoms with Gasteiger partial charge < -0.3 is 4.74 Å². The molecule has 1 saturated heterocycles. The quantitative estimate of drug-likeness (QED) is 0.841. The predicted molar refractivity (Wildman–Crippen MR) is 84.7 cm³/mol. The first kappa shape index (κ1) is 15.9. The minimum Gasteiger partial charge on any atom is -0.492 e. The van der Waals surface area contributed by atoms with Crippen LogP contribution in [0.15, 0.2) is 48.8 Å². The van der Waals surface area contributed by atoms with Gasteiger partial charge in [-0.15, -0.1) is 0 Å². The van der Waals surface area contributed by atoms with Crippen LogP contribution in [0.3, 0.4) is 0 Å². The molecule has 2 heterocycles. The van der Waals surface area contributed by atoms with Crippen molar-refractivity contribution in [3.05, 3.63) is 59.9 Å². The Kier molecular flexibility index (Phi) is 4.57. The highest BCUT2D eigenvalue weighted by Gasteiger charge is 2.45. The molecule has 3 nitrogen and oxygen atoms in total. The number of aromatic nitrogens is 1. The minimum atomic E-state index is -2.66. The standard InChI is InChI=1S/C18H20F2N2O/c1-14-4-2-3-5-15(14)11-22-13-18(19,20)10-16(22)12-23-17-6-8-21-9-7-17/h2-9,16H,10-13H2,1H3/t16-/m0/s1. The Bertz CT molecular complexity index is 648. The van der Waals surface area contributed by atoms with Crippen LogP contribution < -0.4 is 4.74 Å². The van der Waals surface area contributed by atoms with Gasteiger partial charge in [0.25, 0.3) is 5.92 Å². The van der Waals surface area contributed by atoms with Gasteiger partial charge in [-0.1, -0.05) is 24.3 Å². The molecule has 0 unspecified atom stereocenters. The summed E-state index contributed by atoms with van der Waals surface area (Å²) in [6.45, 7) is 2.57. The summed E-state index contributed by atoms with van der Waals surface area (Å²) in [6, 6.07) is 11.1. The average molecular weight is 318 g/mol. The summed E-state index contributed by atoms with van der Waals surface area (Å²) in [7, 11) is 0. The van der Waals surface area contributed by atoms with Gasteiger partial charge in [-0.3, -0.25) is 9.88 Å². The van der Waals surface area contributed by atoms with Crippen LogP contribution in [0.4, 0.5) is 8.78 Å². The summed E-state index contributed by atoms with van der Waals surface area (Å²) in [5.74, 6) is -2.00. The fraction of sp³-hybridized carbons (Fsp3) is 0.389. The van der Waals surface area contributed by atoms with Crippen molar-refractivity contribution in [2.24, 2.45) is 0 Å². The molecule has 3 rings (SSSR count). The van der Waals surface area contributed by atoms with Crippen LogP contribution in [-0.4, -0.2) is 35.0 Å². The van der Waals surface area contributed by atoms with Crippen LogP contribution in [0.5, 0.6) is 5.75 Å². The van der Waals surface area contributed by atoms with Crippen molar-refractivity contribution in [3.8, 4) is 5.75 Å². The molecule has 0 bridgehead atoms. The number of ether oxygens (including phenoxy) is 1. The second-order valence-electron chi connectivity index (χ2n) is 6.04. The van der Waals surface area contributed by atoms with Crippen molar-refractivity contribution in [1.29, 1.82) is 0 Å². The maximum absolute atomic E-state index is 13.9. The zero-order valence-electron chi connectivity index (χ0n) is 13.1. The lowest BCUT2D eigenvalue weighted by molar-refractivity contribution is 0.0112. The van der Waals surface area contributed by atoms with Gasteiger partial charge in [-0.2, -0.15) is 0 Å². The van der Waals surface area contributed by atoms with Gasteiger partial charge in [0.05, 0.1) is 12.6 Å². The highest BCUT2D eigenvalue weighted by atomic mass is 19.3. The number of hydrogen-bond donors (Lipinski definition) is 0. The number of hydrogen-bond acceptors (Lipinski definition) is 3. The van der Waals surface area contributed by atoms with E-state index in [1.165, 1.54) is 0 Å². The molecule has 1 aromatic carbocycles. The van der Waals surface area contributed by atoms with Gasteiger partial charge in [0.15, 0.2) is 0 Å². The number of rotatable bonds is 5. The van der Waals surface area contributed by atoms with E-state index in [4.69, 9.17) is 4.74 Å². The number of benzene rings is 1. The largest absolute Gasteiger partial charge is 0.492 e. The lowest BCUT2D eigenvalue weighted by Crippen LogP contribution is -2.34. The third kappa shape index (κ3) is 4.05. The molecule has 0 radical (unpaired) electrons. The Labute approximate surface area is 134 Å². The van der Waals surface area contributed by atoms with Crippen molar-refractivity contribution in [2.75, 3.05) is 13.2 Å². The van der Waals surface area contributed by atoms with Crippen LogP contribution >= 0.6 is 0 Å². The van der Waals surface area contributed by atoms with Crippen LogP contribution in [0.25, 0.3) is 0 Å². The fourth-order valence-electron chi connectivity index (χ4n) is 2.95. The summed E-state index contributed by atoms with van der Waals surface area (Å²) in [6.07, 6.45) is 3.09. The molecule has 1 aliphatic rings. The summed E-state index contributed by atoms with van der Waals surface area (Å²) < 4.78 is 33.4. The van der Waals surface area contributed by atoms with E-state index in [1.54, 1.807) is 24.5 Å². The zero-order chi connectivity index (χ0) is 16.3. The van der Waals surface area contributed by atoms with Crippen molar-refractivity contribution < 1.29 is 13.5 Å². The van der Waals surface area contributed by atoms with Crippen LogP contribution in [0, 0.1) is 6.92 Å². The van der Waals surface area contributed by atoms with Crippen LogP contribution in [0.1, 0.15) is 17.5 Å². The van der Waals surface area contributed by atoms with Gasteiger partial charge in [-0.05, 0) is 30.2 Å². The molecular formula is C18H20F2N2O. The van der Waals surface area contributed by atoms with Crippen molar-refractivity contribution in [2.45, 2.75) is 31.9 Å². The Morgan fingerprint density at radius 3 is 2.70 bits per heavy atom. The van der Waals surface area contributed by atoms with Crippen molar-refractivity contribution in [1.82, 2.24) is 9.88 Å². The first-order valence-corrected chi connectivity index (χ1v) is 7.73. The van der Waals surface area contributed by atoms with E-state index in [0.717, 1.165) is 11.1 Å². The zero-order valence-corrected chi connectivity index (χ0v) is 13.1. The number of likely N-dealkylation sites (tertiary alicyclic amines) is 1. The Morgan fingerprint density at radius 1 is 1.22 bits per heavy atom. The highest BCUT2D eigenvalue weighted by Crippen LogP contribution is 2.33. The molecule has 1 aliphatic heterocycles. The highest BCUT2D eigenvalue weighted by molar-refractivity contribution is 5.25. The van der Waals surface area contributed by atoms with E-state index >= 15 is 0 Å². The normalized spacial score (nSPS) is 20.6. The second-order valence-corrected chi connectivity index (χ2v) is 6.04. The number of pyridine rings is 1. The summed E-state index contributed by atoms with van der Waals surface area (Å²) >= 11 is 0. The second kappa shape index (κ2) is 6.62. The van der Waals surface area contributed by atoms with Gasteiger partial charge >= 0.3 is 0 Å². The molecule has 1 atom stereocenters. The molecule has 0 aliphatic carbocycles. The topological polar surface area (TPSA) is 25.4 Å². The maximum Gasteiger partial charge on any atom is 0.262 e. The van der Waals surface area contributed by atoms with E-state index in [2.05, 4.69) is 4.98 Å². The van der Waals surface area contributed by atoms with Crippen LogP contribution in [0.2, 0.25) is 0 Å². The van der Waals surface area contributed by atoms with E-state index in [0.29, 0.717) is 12.3 Å². The summed E-state index contributed by atoms with van der Waals surface area (Å²) in [5, 5.41) is 0. The van der Waals surface area contributed by atoms with E-state index in [9.17, 15) is 8.78 Å². The van der Waals surface area contributed by atoms with Gasteiger partial charge in [0.2, 0.25) is 0 Å². The molecule has 0 saturated carbocycles. The SMILES string of the molecule is Cc1ccccc1CN1CC(F)(F)C[C@H]1COc1ccncc1. The van der Waals surface area contributed by atoms with Crippen LogP contribution in [-0.2, 0) is 6.54 Å². The smallest absolute Gasteiger partial charge is 0.262 e. The molecule has 0 N–H and O–H groups in total. The third-order valence-electron chi connectivity index (χ3n) is 4.21. The molecule has 122 valence electrons. The van der Waals surface area contributed by atoms with Crippen molar-refractivity contribution in [3.63, 3.8) is 0 Å². The number of alkyl halides is 2. The van der Waals surface area contributed by atoms with Crippen molar-refractivity contribution >= 4 is 0 Å². The van der Waals surface area contributed by atoms with Gasteiger partial charge in [0.1, 0.15) is 12.4 Å². The van der Waals surface area contributed by atoms with Gasteiger partial charge in [0, 0.05) is 25.4 Å². The molecule has 23 heavy (non-hydrogen) atoms. The summed E-state index contributed by atoms with van der Waals surface area (Å²) in [4.78, 5) is 5.74. The number of aryl methyl sites for hydroxylation is 1. The van der Waals surface area contributed by atoms with E-state index in [1.807, 2.05) is 36.1 Å². The Morgan fingerprint density at radius 2 is 1.96 bits per heavy atom. The lowest BCUT2D eigenvalue weighted by Gasteiger charge is -2.24. The molecule has 1 aromatic heterocycles.